The van der Waals surface area contributed by atoms with Crippen LogP contribution in [0.15, 0.2) is 35.7 Å². The van der Waals surface area contributed by atoms with Gasteiger partial charge < -0.3 is 10.1 Å². The summed E-state index contributed by atoms with van der Waals surface area (Å²) in [5, 5.41) is 6.00. The van der Waals surface area contributed by atoms with Gasteiger partial charge in [0.05, 0.1) is 7.11 Å². The summed E-state index contributed by atoms with van der Waals surface area (Å²) in [5.74, 6) is 0.967. The molecule has 2 atom stereocenters. The highest BCUT2D eigenvalue weighted by Crippen LogP contribution is 2.35. The number of benzene rings is 1. The van der Waals surface area contributed by atoms with Crippen LogP contribution in [0.1, 0.15) is 47.9 Å². The molecule has 1 aromatic heterocycles. The van der Waals surface area contributed by atoms with Crippen molar-refractivity contribution in [1.82, 2.24) is 5.32 Å². The third kappa shape index (κ3) is 2.60. The van der Waals surface area contributed by atoms with E-state index in [4.69, 9.17) is 4.74 Å². The Balaban J connectivity index is 1.79. The lowest BCUT2D eigenvalue weighted by molar-refractivity contribution is 0.383. The molecule has 20 heavy (non-hydrogen) atoms. The van der Waals surface area contributed by atoms with Crippen LogP contribution in [0.3, 0.4) is 0 Å². The normalized spacial score (nSPS) is 19.4. The number of rotatable bonds is 4. The first-order valence-corrected chi connectivity index (χ1v) is 8.13. The molecule has 106 valence electrons. The highest BCUT2D eigenvalue weighted by Gasteiger charge is 2.23. The smallest absolute Gasteiger partial charge is 0.123 e. The van der Waals surface area contributed by atoms with Crippen molar-refractivity contribution < 1.29 is 4.74 Å². The molecule has 2 unspecified atom stereocenters. The van der Waals surface area contributed by atoms with Crippen LogP contribution in [-0.4, -0.2) is 7.11 Å². The number of methoxy groups -OCH3 is 1. The van der Waals surface area contributed by atoms with Gasteiger partial charge >= 0.3 is 0 Å². The maximum absolute atomic E-state index is 5.47. The van der Waals surface area contributed by atoms with E-state index in [-0.39, 0.29) is 0 Å². The van der Waals surface area contributed by atoms with Gasteiger partial charge in [-0.05, 0) is 49.3 Å². The molecule has 0 radical (unpaired) electrons. The number of fused-ring (bicyclic) bond motifs is 1. The molecule has 2 nitrogen and oxygen atoms in total. The van der Waals surface area contributed by atoms with E-state index in [1.807, 2.05) is 23.5 Å². The summed E-state index contributed by atoms with van der Waals surface area (Å²) < 4.78 is 5.47. The van der Waals surface area contributed by atoms with Crippen molar-refractivity contribution >= 4 is 11.3 Å². The number of para-hydroxylation sites is 1. The van der Waals surface area contributed by atoms with E-state index in [2.05, 4.69) is 35.8 Å². The minimum absolute atomic E-state index is 0.294. The first-order chi connectivity index (χ1) is 9.79. The van der Waals surface area contributed by atoms with Gasteiger partial charge in [0.15, 0.2) is 0 Å². The lowest BCUT2D eigenvalue weighted by atomic mass is 9.92. The molecule has 0 spiro atoms. The number of ether oxygens (including phenoxy) is 1. The molecule has 3 rings (SSSR count). The summed E-state index contributed by atoms with van der Waals surface area (Å²) in [6.07, 6.45) is 3.75. The van der Waals surface area contributed by atoms with Crippen molar-refractivity contribution in [3.63, 3.8) is 0 Å². The Morgan fingerprint density at radius 1 is 1.30 bits per heavy atom. The number of thiophene rings is 1. The molecule has 1 heterocycles. The van der Waals surface area contributed by atoms with Crippen molar-refractivity contribution in [3.05, 3.63) is 51.7 Å². The summed E-state index contributed by atoms with van der Waals surface area (Å²) in [5.41, 5.74) is 2.74. The Labute approximate surface area is 124 Å². The molecular formula is C17H21NOS. The van der Waals surface area contributed by atoms with Crippen molar-refractivity contribution in [1.29, 1.82) is 0 Å². The Bertz CT molecular complexity index is 578. The van der Waals surface area contributed by atoms with Crippen LogP contribution in [-0.2, 0) is 6.42 Å². The molecule has 0 bridgehead atoms. The molecular weight excluding hydrogens is 266 g/mol. The fourth-order valence-corrected chi connectivity index (χ4v) is 4.06. The molecule has 0 fully saturated rings. The lowest BCUT2D eigenvalue weighted by Gasteiger charge is -2.28. The van der Waals surface area contributed by atoms with Gasteiger partial charge in [0, 0.05) is 22.5 Å². The van der Waals surface area contributed by atoms with E-state index in [1.165, 1.54) is 30.4 Å². The van der Waals surface area contributed by atoms with Gasteiger partial charge in [0.2, 0.25) is 0 Å². The standard InChI is InChI=1S/C17H21NOS/c1-12(13-6-3-4-8-16(13)19-2)18-15-7-5-9-17-14(15)10-11-20-17/h3-4,6,8,10-12,15,18H,5,7,9H2,1-2H3. The number of hydrogen-bond acceptors (Lipinski definition) is 3. The molecule has 3 heteroatoms. The van der Waals surface area contributed by atoms with Crippen LogP contribution >= 0.6 is 11.3 Å². The minimum atomic E-state index is 0.294. The average Bonchev–Trinajstić information content (AvgIpc) is 2.96. The zero-order valence-corrected chi connectivity index (χ0v) is 12.9. The van der Waals surface area contributed by atoms with E-state index in [0.29, 0.717) is 12.1 Å². The Morgan fingerprint density at radius 3 is 3.00 bits per heavy atom. The number of aryl methyl sites for hydroxylation is 1. The van der Waals surface area contributed by atoms with E-state index in [9.17, 15) is 0 Å². The average molecular weight is 287 g/mol. The molecule has 1 aliphatic rings. The third-order valence-electron chi connectivity index (χ3n) is 4.11. The molecule has 0 saturated carbocycles. The highest BCUT2D eigenvalue weighted by molar-refractivity contribution is 7.10. The van der Waals surface area contributed by atoms with Gasteiger partial charge in [0.25, 0.3) is 0 Å². The van der Waals surface area contributed by atoms with Crippen molar-refractivity contribution in [2.45, 2.75) is 38.3 Å². The SMILES string of the molecule is COc1ccccc1C(C)NC1CCCc2sccc21. The second-order valence-corrected chi connectivity index (χ2v) is 6.37. The van der Waals surface area contributed by atoms with Gasteiger partial charge in [-0.25, -0.2) is 0 Å². The summed E-state index contributed by atoms with van der Waals surface area (Å²) in [7, 11) is 1.74. The Hall–Kier alpha value is -1.32. The summed E-state index contributed by atoms with van der Waals surface area (Å²) in [6.45, 7) is 2.22. The van der Waals surface area contributed by atoms with Crippen LogP contribution in [0.4, 0.5) is 0 Å². The van der Waals surface area contributed by atoms with Crippen LogP contribution in [0.5, 0.6) is 5.75 Å². The summed E-state index contributed by atoms with van der Waals surface area (Å²) in [6, 6.07) is 11.3. The molecule has 2 aromatic rings. The molecule has 0 saturated heterocycles. The van der Waals surface area contributed by atoms with Crippen molar-refractivity contribution in [2.24, 2.45) is 0 Å². The maximum Gasteiger partial charge on any atom is 0.123 e. The molecule has 0 amide bonds. The maximum atomic E-state index is 5.47. The van der Waals surface area contributed by atoms with E-state index < -0.39 is 0 Å². The monoisotopic (exact) mass is 287 g/mol. The zero-order chi connectivity index (χ0) is 13.9. The Morgan fingerprint density at radius 2 is 2.15 bits per heavy atom. The largest absolute Gasteiger partial charge is 0.496 e. The molecule has 1 N–H and O–H groups in total. The summed E-state index contributed by atoms with van der Waals surface area (Å²) in [4.78, 5) is 1.56. The van der Waals surface area contributed by atoms with Crippen LogP contribution in [0.2, 0.25) is 0 Å². The van der Waals surface area contributed by atoms with E-state index in [0.717, 1.165) is 5.75 Å². The Kier molecular flexibility index (Phi) is 4.08. The van der Waals surface area contributed by atoms with Crippen LogP contribution in [0, 0.1) is 0 Å². The van der Waals surface area contributed by atoms with Crippen LogP contribution < -0.4 is 10.1 Å². The molecule has 0 aliphatic heterocycles. The van der Waals surface area contributed by atoms with Crippen LogP contribution in [0.25, 0.3) is 0 Å². The molecule has 1 aliphatic carbocycles. The zero-order valence-electron chi connectivity index (χ0n) is 12.1. The van der Waals surface area contributed by atoms with E-state index >= 15 is 0 Å². The van der Waals surface area contributed by atoms with Crippen molar-refractivity contribution in [2.75, 3.05) is 7.11 Å². The number of nitrogens with one attached hydrogen (secondary N) is 1. The number of hydrogen-bond donors (Lipinski definition) is 1. The minimum Gasteiger partial charge on any atom is -0.496 e. The topological polar surface area (TPSA) is 21.3 Å². The first-order valence-electron chi connectivity index (χ1n) is 7.25. The fourth-order valence-electron chi connectivity index (χ4n) is 3.08. The second-order valence-electron chi connectivity index (χ2n) is 5.37. The van der Waals surface area contributed by atoms with Crippen molar-refractivity contribution in [3.8, 4) is 5.75 Å². The predicted molar refractivity (Wildman–Crippen MR) is 84.5 cm³/mol. The third-order valence-corrected chi connectivity index (χ3v) is 5.11. The van der Waals surface area contributed by atoms with Gasteiger partial charge in [-0.1, -0.05) is 18.2 Å². The summed E-state index contributed by atoms with van der Waals surface area (Å²) >= 11 is 1.89. The van der Waals surface area contributed by atoms with Gasteiger partial charge in [-0.15, -0.1) is 11.3 Å². The fraction of sp³-hybridized carbons (Fsp3) is 0.412. The van der Waals surface area contributed by atoms with Gasteiger partial charge in [-0.2, -0.15) is 0 Å². The molecule has 1 aromatic carbocycles. The lowest BCUT2D eigenvalue weighted by Crippen LogP contribution is -2.27. The second kappa shape index (κ2) is 5.98. The quantitative estimate of drug-likeness (QED) is 0.895. The van der Waals surface area contributed by atoms with E-state index in [1.54, 1.807) is 12.0 Å². The van der Waals surface area contributed by atoms with Gasteiger partial charge in [-0.3, -0.25) is 0 Å². The highest BCUT2D eigenvalue weighted by atomic mass is 32.1. The predicted octanol–water partition coefficient (Wildman–Crippen LogP) is 4.48. The first kappa shape index (κ1) is 13.7. The van der Waals surface area contributed by atoms with Gasteiger partial charge in [0.1, 0.15) is 5.75 Å².